The number of nitrogens with two attached hydrogens (primary N) is 1. The number of rotatable bonds is 14. The molecule has 14 heteroatoms. The van der Waals surface area contributed by atoms with Gasteiger partial charge >= 0.3 is 0 Å². The molecule has 2 aromatic rings. The van der Waals surface area contributed by atoms with E-state index in [1.807, 2.05) is 38.1 Å². The number of halogens is 1. The number of amides is 3. The van der Waals surface area contributed by atoms with Gasteiger partial charge in [0, 0.05) is 35.2 Å². The summed E-state index contributed by atoms with van der Waals surface area (Å²) >= 11 is 6.21. The fraction of sp³-hybridized carbons (Fsp3) is 0.478. The number of primary amides is 1. The average Bonchev–Trinajstić information content (AvgIpc) is 3.27. The number of nitrogens with one attached hydrogen (secondary N) is 3. The summed E-state index contributed by atoms with van der Waals surface area (Å²) < 4.78 is 30.7. The Balaban J connectivity index is 2.32. The van der Waals surface area contributed by atoms with Crippen LogP contribution in [0.1, 0.15) is 32.3 Å². The van der Waals surface area contributed by atoms with Crippen LogP contribution >= 0.6 is 35.2 Å². The Bertz CT molecular complexity index is 1190. The molecule has 0 radical (unpaired) electrons. The minimum Gasteiger partial charge on any atom is -0.368 e. The highest BCUT2D eigenvalue weighted by molar-refractivity contribution is 14.1. The van der Waals surface area contributed by atoms with Crippen LogP contribution in [0.25, 0.3) is 0 Å². The average molecular weight is 665 g/mol. The number of hydrogen-bond donors (Lipinski definition) is 5. The molecular formula is C23H33IN6O5S2. The Labute approximate surface area is 236 Å². The van der Waals surface area contributed by atoms with Crippen LogP contribution < -0.4 is 21.1 Å². The molecule has 37 heavy (non-hydrogen) atoms. The lowest BCUT2D eigenvalue weighted by atomic mass is 10.0. The first kappa shape index (κ1) is 31.1. The number of carbonyl (C=O) groups is 3. The predicted octanol–water partition coefficient (Wildman–Crippen LogP) is 0.735. The Morgan fingerprint density at radius 3 is 2.16 bits per heavy atom. The zero-order valence-corrected chi connectivity index (χ0v) is 24.7. The first-order valence-corrected chi connectivity index (χ1v) is 14.8. The third-order valence-electron chi connectivity index (χ3n) is 5.49. The Morgan fingerprint density at radius 1 is 1.05 bits per heavy atom. The summed E-state index contributed by atoms with van der Waals surface area (Å²) in [6.45, 7) is 3.91. The Morgan fingerprint density at radius 2 is 1.65 bits per heavy atom. The van der Waals surface area contributed by atoms with E-state index in [1.54, 1.807) is 0 Å². The van der Waals surface area contributed by atoms with Gasteiger partial charge in [-0.1, -0.05) is 26.0 Å². The van der Waals surface area contributed by atoms with E-state index in [9.17, 15) is 22.8 Å². The van der Waals surface area contributed by atoms with Crippen molar-refractivity contribution in [2.75, 3.05) is 5.75 Å². The minimum atomic E-state index is -4.13. The summed E-state index contributed by atoms with van der Waals surface area (Å²) in [5, 5.41) is 4.95. The molecule has 2 rings (SSSR count). The van der Waals surface area contributed by atoms with Gasteiger partial charge < -0.3 is 20.9 Å². The lowest BCUT2D eigenvalue weighted by Crippen LogP contribution is -2.57. The molecule has 3 atom stereocenters. The van der Waals surface area contributed by atoms with Gasteiger partial charge in [-0.05, 0) is 59.0 Å². The molecule has 0 unspecified atom stereocenters. The summed E-state index contributed by atoms with van der Waals surface area (Å²) in [5.41, 5.74) is 6.09. The lowest BCUT2D eigenvalue weighted by Gasteiger charge is -2.25. The van der Waals surface area contributed by atoms with E-state index in [0.717, 1.165) is 9.13 Å². The molecule has 1 heterocycles. The van der Waals surface area contributed by atoms with Crippen molar-refractivity contribution in [1.29, 1.82) is 0 Å². The molecule has 11 nitrogen and oxygen atoms in total. The standard InChI is InChI=1S/C23H33IN6O5S2/c1-14(2)4-9-17(29-37(34,35)23-26-10-11-30(23)3)21(32)27-18(12-15-5-7-16(24)8-6-15)22(33)28-19(13-36)20(25)31/h5-8,10-11,14,17-19,29,36H,4,9,12-13H2,1-3H3,(H2,25,31)(H,27,32)(H,28,33)/t17-,18-,19-/m0/s1. The van der Waals surface area contributed by atoms with Crippen molar-refractivity contribution in [1.82, 2.24) is 24.9 Å². The second kappa shape index (κ2) is 14.1. The van der Waals surface area contributed by atoms with Gasteiger partial charge in [0.2, 0.25) is 22.9 Å². The zero-order valence-electron chi connectivity index (χ0n) is 20.8. The highest BCUT2D eigenvalue weighted by atomic mass is 127. The number of imidazole rings is 1. The maximum Gasteiger partial charge on any atom is 0.275 e. The van der Waals surface area contributed by atoms with Gasteiger partial charge in [-0.2, -0.15) is 17.4 Å². The molecule has 0 saturated carbocycles. The van der Waals surface area contributed by atoms with Gasteiger partial charge in [0.25, 0.3) is 10.0 Å². The molecular weight excluding hydrogens is 631 g/mol. The highest BCUT2D eigenvalue weighted by Crippen LogP contribution is 2.13. The summed E-state index contributed by atoms with van der Waals surface area (Å²) in [5.74, 6) is -1.90. The monoisotopic (exact) mass is 664 g/mol. The van der Waals surface area contributed by atoms with Crippen molar-refractivity contribution < 1.29 is 22.8 Å². The molecule has 204 valence electrons. The quantitative estimate of drug-likeness (QED) is 0.148. The molecule has 0 aliphatic heterocycles. The summed E-state index contributed by atoms with van der Waals surface area (Å²) in [7, 11) is -2.59. The Hall–Kier alpha value is -2.17. The Kier molecular flexibility index (Phi) is 11.8. The second-order valence-corrected chi connectivity index (χ2v) is 12.2. The molecule has 5 N–H and O–H groups in total. The van der Waals surface area contributed by atoms with Gasteiger partial charge in [-0.15, -0.1) is 0 Å². The molecule has 0 fully saturated rings. The van der Waals surface area contributed by atoms with Gasteiger partial charge in [-0.3, -0.25) is 14.4 Å². The van der Waals surface area contributed by atoms with Crippen molar-refractivity contribution in [2.24, 2.45) is 18.7 Å². The van der Waals surface area contributed by atoms with E-state index < -0.39 is 45.9 Å². The van der Waals surface area contributed by atoms with E-state index in [4.69, 9.17) is 5.73 Å². The van der Waals surface area contributed by atoms with E-state index in [1.165, 1.54) is 24.0 Å². The molecule has 0 aliphatic rings. The van der Waals surface area contributed by atoms with Crippen molar-refractivity contribution in [2.45, 2.75) is 56.4 Å². The fourth-order valence-corrected chi connectivity index (χ4v) is 5.39. The normalized spacial score (nSPS) is 14.1. The minimum absolute atomic E-state index is 0.0221. The number of thiol groups is 1. The van der Waals surface area contributed by atoms with Gasteiger partial charge in [0.15, 0.2) is 0 Å². The van der Waals surface area contributed by atoms with E-state index in [-0.39, 0.29) is 29.7 Å². The smallest absolute Gasteiger partial charge is 0.275 e. The van der Waals surface area contributed by atoms with Gasteiger partial charge in [-0.25, -0.2) is 13.4 Å². The lowest BCUT2D eigenvalue weighted by molar-refractivity contribution is -0.131. The van der Waals surface area contributed by atoms with Crippen LogP contribution in [0.5, 0.6) is 0 Å². The van der Waals surface area contributed by atoms with Crippen LogP contribution in [0, 0.1) is 9.49 Å². The SMILES string of the molecule is CC(C)CC[C@H](NS(=O)(=O)c1nccn1C)C(=O)N[C@@H](Cc1ccc(I)cc1)C(=O)N[C@@H](CS)C(N)=O. The second-order valence-electron chi connectivity index (χ2n) is 9.00. The topological polar surface area (TPSA) is 165 Å². The molecule has 0 spiro atoms. The third kappa shape index (κ3) is 9.57. The molecule has 1 aromatic heterocycles. The number of nitrogens with zero attached hydrogens (tertiary/aromatic N) is 2. The number of hydrogen-bond acceptors (Lipinski definition) is 7. The van der Waals surface area contributed by atoms with E-state index in [2.05, 4.69) is 55.6 Å². The number of sulfonamides is 1. The first-order chi connectivity index (χ1) is 17.3. The van der Waals surface area contributed by atoms with Crippen molar-refractivity contribution in [3.63, 3.8) is 0 Å². The number of benzene rings is 1. The van der Waals surface area contributed by atoms with E-state index in [0.29, 0.717) is 6.42 Å². The van der Waals surface area contributed by atoms with Crippen LogP contribution in [-0.2, 0) is 37.9 Å². The van der Waals surface area contributed by atoms with Gasteiger partial charge in [0.1, 0.15) is 18.1 Å². The number of carbonyl (C=O) groups excluding carboxylic acids is 3. The zero-order chi connectivity index (χ0) is 27.8. The number of aromatic nitrogens is 2. The first-order valence-electron chi connectivity index (χ1n) is 11.6. The largest absolute Gasteiger partial charge is 0.368 e. The fourth-order valence-electron chi connectivity index (χ4n) is 3.41. The van der Waals surface area contributed by atoms with Crippen molar-refractivity contribution in [3.8, 4) is 0 Å². The maximum atomic E-state index is 13.4. The van der Waals surface area contributed by atoms with Crippen molar-refractivity contribution >= 4 is 63.0 Å². The van der Waals surface area contributed by atoms with Crippen LogP contribution in [0.2, 0.25) is 0 Å². The van der Waals surface area contributed by atoms with Crippen LogP contribution in [0.3, 0.4) is 0 Å². The summed E-state index contributed by atoms with van der Waals surface area (Å²) in [4.78, 5) is 42.0. The third-order valence-corrected chi connectivity index (χ3v) is 8.05. The molecule has 0 saturated heterocycles. The van der Waals surface area contributed by atoms with Crippen molar-refractivity contribution in [3.05, 3.63) is 45.8 Å². The van der Waals surface area contributed by atoms with E-state index >= 15 is 0 Å². The summed E-state index contributed by atoms with van der Waals surface area (Å²) in [6, 6.07) is 4.06. The highest BCUT2D eigenvalue weighted by Gasteiger charge is 2.32. The maximum absolute atomic E-state index is 13.4. The molecule has 0 aliphatic carbocycles. The molecule has 0 bridgehead atoms. The van der Waals surface area contributed by atoms with Crippen LogP contribution in [-0.4, -0.2) is 59.6 Å². The van der Waals surface area contributed by atoms with Crippen LogP contribution in [0.15, 0.2) is 41.8 Å². The number of aryl methyl sites for hydroxylation is 1. The van der Waals surface area contributed by atoms with Gasteiger partial charge in [0.05, 0.1) is 0 Å². The van der Waals surface area contributed by atoms with Crippen LogP contribution in [0.4, 0.5) is 0 Å². The summed E-state index contributed by atoms with van der Waals surface area (Å²) in [6.07, 6.45) is 3.69. The molecule has 1 aromatic carbocycles. The molecule has 3 amide bonds. The predicted molar refractivity (Wildman–Crippen MR) is 151 cm³/mol.